The lowest BCUT2D eigenvalue weighted by molar-refractivity contribution is 0.108. The number of unbranched alkanes of at least 4 members (excludes halogenated alkanes) is 39. The van der Waals surface area contributed by atoms with Gasteiger partial charge in [-0.3, -0.25) is 13.6 Å². The summed E-state index contributed by atoms with van der Waals surface area (Å²) in [7, 11) is -3.48. The van der Waals surface area contributed by atoms with Crippen LogP contribution in [0.3, 0.4) is 0 Å². The second-order valence-corrected chi connectivity index (χ2v) is 18.4. The Labute approximate surface area is 335 Å². The largest absolute Gasteiger partial charge is 0.474 e. The topological polar surface area (TPSA) is 44.8 Å². The highest BCUT2D eigenvalue weighted by molar-refractivity contribution is 7.48. The summed E-state index contributed by atoms with van der Waals surface area (Å²) in [4.78, 5) is 0. The van der Waals surface area contributed by atoms with Gasteiger partial charge in [-0.1, -0.05) is 271 Å². The van der Waals surface area contributed by atoms with Gasteiger partial charge < -0.3 is 0 Å². The molecule has 0 unspecified atom stereocenters. The predicted octanol–water partition coefficient (Wildman–Crippen LogP) is 18.6. The minimum atomic E-state index is -3.48. The molecule has 0 rings (SSSR count). The fourth-order valence-corrected chi connectivity index (χ4v) is 8.81. The van der Waals surface area contributed by atoms with Crippen LogP contribution in [0.4, 0.5) is 0 Å². The van der Waals surface area contributed by atoms with Crippen molar-refractivity contribution >= 4 is 7.82 Å². The molecular formula is C48H99O4P. The van der Waals surface area contributed by atoms with E-state index in [2.05, 4.69) is 20.8 Å². The first-order chi connectivity index (χ1) is 26.2. The Bertz CT molecular complexity index is 611. The minimum absolute atomic E-state index is 0.479. The van der Waals surface area contributed by atoms with Crippen molar-refractivity contribution in [2.45, 2.75) is 290 Å². The van der Waals surface area contributed by atoms with Crippen LogP contribution >= 0.6 is 7.82 Å². The number of phosphoric acid groups is 1. The molecule has 0 heterocycles. The summed E-state index contributed by atoms with van der Waals surface area (Å²) >= 11 is 0. The van der Waals surface area contributed by atoms with Crippen molar-refractivity contribution in [1.82, 2.24) is 0 Å². The Balaban J connectivity index is 4.08. The van der Waals surface area contributed by atoms with Crippen LogP contribution in [0.2, 0.25) is 0 Å². The summed E-state index contributed by atoms with van der Waals surface area (Å²) in [5.41, 5.74) is 0. The molecule has 0 amide bonds. The standard InChI is InChI=1S/C48H99O4P/c1-4-7-10-13-16-19-22-25-28-31-34-37-40-43-46-50-53(49,51-47-44-41-38-35-32-29-26-23-20-17-14-11-8-5-2)52-48-45-42-39-36-33-30-27-24-21-18-15-12-9-6-3/h4-48H2,1-3H3. The van der Waals surface area contributed by atoms with Crippen molar-refractivity contribution in [3.8, 4) is 0 Å². The van der Waals surface area contributed by atoms with Gasteiger partial charge in [-0.05, 0) is 19.3 Å². The van der Waals surface area contributed by atoms with E-state index < -0.39 is 7.82 Å². The zero-order valence-electron chi connectivity index (χ0n) is 36.9. The predicted molar refractivity (Wildman–Crippen MR) is 236 cm³/mol. The van der Waals surface area contributed by atoms with E-state index in [9.17, 15) is 4.57 Å². The molecule has 0 saturated carbocycles. The fourth-order valence-electron chi connectivity index (χ4n) is 7.53. The van der Waals surface area contributed by atoms with Crippen LogP contribution in [0.5, 0.6) is 0 Å². The number of phosphoric ester groups is 1. The highest BCUT2D eigenvalue weighted by Crippen LogP contribution is 2.50. The summed E-state index contributed by atoms with van der Waals surface area (Å²) in [6, 6.07) is 0. The van der Waals surface area contributed by atoms with Gasteiger partial charge in [0.25, 0.3) is 0 Å². The van der Waals surface area contributed by atoms with E-state index in [4.69, 9.17) is 13.6 Å². The molecule has 0 radical (unpaired) electrons. The SMILES string of the molecule is CCCCCCCCCCCCCCCCOP(=O)(OCCCCCCCCCCCCCCCC)OCCCCCCCCCCCCCCCC. The van der Waals surface area contributed by atoms with E-state index in [1.807, 2.05) is 0 Å². The molecule has 0 atom stereocenters. The van der Waals surface area contributed by atoms with Crippen molar-refractivity contribution in [3.05, 3.63) is 0 Å². The van der Waals surface area contributed by atoms with Crippen molar-refractivity contribution in [3.63, 3.8) is 0 Å². The Morgan fingerprint density at radius 1 is 0.226 bits per heavy atom. The quantitative estimate of drug-likeness (QED) is 0.0457. The molecule has 0 aliphatic rings. The van der Waals surface area contributed by atoms with Gasteiger partial charge in [0.05, 0.1) is 19.8 Å². The first kappa shape index (κ1) is 53.1. The zero-order chi connectivity index (χ0) is 38.4. The van der Waals surface area contributed by atoms with E-state index in [0.29, 0.717) is 19.8 Å². The lowest BCUT2D eigenvalue weighted by Crippen LogP contribution is -2.04. The number of hydrogen-bond donors (Lipinski definition) is 0. The summed E-state index contributed by atoms with van der Waals surface area (Å²) in [6.45, 7) is 8.31. The molecule has 5 heteroatoms. The van der Waals surface area contributed by atoms with Gasteiger partial charge in [0, 0.05) is 0 Å². The van der Waals surface area contributed by atoms with Crippen molar-refractivity contribution in [2.24, 2.45) is 0 Å². The third-order valence-electron chi connectivity index (χ3n) is 11.2. The second kappa shape index (κ2) is 46.5. The molecule has 0 spiro atoms. The lowest BCUT2D eigenvalue weighted by atomic mass is 10.0. The maximum absolute atomic E-state index is 13.5. The van der Waals surface area contributed by atoms with Gasteiger partial charge in [-0.2, -0.15) is 0 Å². The molecule has 320 valence electrons. The molecule has 53 heavy (non-hydrogen) atoms. The molecule has 0 aliphatic carbocycles. The monoisotopic (exact) mass is 771 g/mol. The smallest absolute Gasteiger partial charge is 0.287 e. The van der Waals surface area contributed by atoms with E-state index in [1.165, 1.54) is 231 Å². The minimum Gasteiger partial charge on any atom is -0.287 e. The van der Waals surface area contributed by atoms with E-state index in [0.717, 1.165) is 38.5 Å². The second-order valence-electron chi connectivity index (χ2n) is 16.7. The summed E-state index contributed by atoms with van der Waals surface area (Å²) in [6.07, 6.45) is 55.8. The molecule has 0 aliphatic heterocycles. The van der Waals surface area contributed by atoms with E-state index >= 15 is 0 Å². The third kappa shape index (κ3) is 44.7. The van der Waals surface area contributed by atoms with Gasteiger partial charge in [-0.25, -0.2) is 4.57 Å². The Morgan fingerprint density at radius 3 is 0.509 bits per heavy atom. The maximum atomic E-state index is 13.5. The number of rotatable bonds is 48. The van der Waals surface area contributed by atoms with Crippen molar-refractivity contribution < 1.29 is 18.1 Å². The highest BCUT2D eigenvalue weighted by Gasteiger charge is 2.26. The van der Waals surface area contributed by atoms with Gasteiger partial charge in [0.15, 0.2) is 0 Å². The molecule has 0 N–H and O–H groups in total. The lowest BCUT2D eigenvalue weighted by Gasteiger charge is -2.18. The molecule has 0 saturated heterocycles. The van der Waals surface area contributed by atoms with Gasteiger partial charge in [0.1, 0.15) is 0 Å². The molecule has 0 bridgehead atoms. The molecular weight excluding hydrogens is 671 g/mol. The average molecular weight is 771 g/mol. The molecule has 4 nitrogen and oxygen atoms in total. The zero-order valence-corrected chi connectivity index (χ0v) is 37.8. The van der Waals surface area contributed by atoms with E-state index in [1.54, 1.807) is 0 Å². The number of hydrogen-bond acceptors (Lipinski definition) is 4. The van der Waals surface area contributed by atoms with Crippen molar-refractivity contribution in [1.29, 1.82) is 0 Å². The Hall–Kier alpha value is 0.110. The molecule has 0 aromatic heterocycles. The molecule has 0 fully saturated rings. The summed E-state index contributed by atoms with van der Waals surface area (Å²) in [5, 5.41) is 0. The van der Waals surface area contributed by atoms with Crippen LogP contribution in [-0.4, -0.2) is 19.8 Å². The Morgan fingerprint density at radius 2 is 0.358 bits per heavy atom. The molecule has 0 aromatic rings. The van der Waals surface area contributed by atoms with Crippen LogP contribution in [0, 0.1) is 0 Å². The van der Waals surface area contributed by atoms with Crippen LogP contribution < -0.4 is 0 Å². The normalized spacial score (nSPS) is 12.0. The summed E-state index contributed by atoms with van der Waals surface area (Å²) in [5.74, 6) is 0. The van der Waals surface area contributed by atoms with Gasteiger partial charge >= 0.3 is 7.82 Å². The van der Waals surface area contributed by atoms with E-state index in [-0.39, 0.29) is 0 Å². The van der Waals surface area contributed by atoms with Crippen molar-refractivity contribution in [2.75, 3.05) is 19.8 Å². The maximum Gasteiger partial charge on any atom is 0.474 e. The van der Waals surface area contributed by atoms with Crippen LogP contribution in [0.25, 0.3) is 0 Å². The first-order valence-electron chi connectivity index (χ1n) is 24.7. The molecule has 0 aromatic carbocycles. The third-order valence-corrected chi connectivity index (χ3v) is 12.7. The summed E-state index contributed by atoms with van der Waals surface area (Å²) < 4.78 is 31.2. The van der Waals surface area contributed by atoms with Crippen LogP contribution in [0.1, 0.15) is 290 Å². The first-order valence-corrected chi connectivity index (χ1v) is 26.2. The average Bonchev–Trinajstić information content (AvgIpc) is 3.16. The van der Waals surface area contributed by atoms with Gasteiger partial charge in [0.2, 0.25) is 0 Å². The fraction of sp³-hybridized carbons (Fsp3) is 1.00. The van der Waals surface area contributed by atoms with Crippen LogP contribution in [-0.2, 0) is 18.1 Å². The Kier molecular flexibility index (Phi) is 46.6. The highest BCUT2D eigenvalue weighted by atomic mass is 31.2. The van der Waals surface area contributed by atoms with Crippen LogP contribution in [0.15, 0.2) is 0 Å². The van der Waals surface area contributed by atoms with Gasteiger partial charge in [-0.15, -0.1) is 0 Å².